The molecule has 4 aromatic rings. The highest BCUT2D eigenvalue weighted by Crippen LogP contribution is 2.31. The van der Waals surface area contributed by atoms with Crippen LogP contribution in [-0.4, -0.2) is 34.4 Å². The van der Waals surface area contributed by atoms with Crippen molar-refractivity contribution in [1.82, 2.24) is 14.8 Å². The third-order valence-corrected chi connectivity index (χ3v) is 5.07. The number of benzene rings is 3. The van der Waals surface area contributed by atoms with Crippen LogP contribution in [0.3, 0.4) is 0 Å². The van der Waals surface area contributed by atoms with Crippen LogP contribution in [-0.2, 0) is 11.0 Å². The lowest BCUT2D eigenvalue weighted by molar-refractivity contribution is -0.137. The fraction of sp³-hybridized carbons (Fsp3) is 0.125. The quantitative estimate of drug-likeness (QED) is 0.354. The van der Waals surface area contributed by atoms with Gasteiger partial charge in [-0.25, -0.2) is 4.68 Å². The molecule has 0 unspecified atom stereocenters. The number of rotatable bonds is 7. The zero-order valence-corrected chi connectivity index (χ0v) is 19.0. The van der Waals surface area contributed by atoms with Crippen molar-refractivity contribution in [2.45, 2.75) is 6.18 Å². The van der Waals surface area contributed by atoms with Gasteiger partial charge in [-0.15, -0.1) is 5.10 Å². The van der Waals surface area contributed by atoms with E-state index in [1.165, 1.54) is 23.9 Å². The second-order valence-corrected chi connectivity index (χ2v) is 7.68. The van der Waals surface area contributed by atoms with Gasteiger partial charge in [0.15, 0.2) is 12.4 Å². The summed E-state index contributed by atoms with van der Waals surface area (Å²) in [6, 6.07) is 17.9. The van der Waals surface area contributed by atoms with Crippen LogP contribution in [0.25, 0.3) is 17.1 Å². The third kappa shape index (κ3) is 5.90. The first-order chi connectivity index (χ1) is 16.7. The van der Waals surface area contributed by atoms with Crippen molar-refractivity contribution in [3.05, 3.63) is 83.4 Å². The molecule has 0 radical (unpaired) electrons. The predicted octanol–water partition coefficient (Wildman–Crippen LogP) is 5.63. The first kappa shape index (κ1) is 24.1. The number of halogens is 4. The predicted molar refractivity (Wildman–Crippen MR) is 124 cm³/mol. The number of methoxy groups -OCH3 is 1. The first-order valence-electron chi connectivity index (χ1n) is 10.2. The summed E-state index contributed by atoms with van der Waals surface area (Å²) < 4.78 is 50.7. The maximum atomic E-state index is 12.9. The standard InChI is InChI=1S/C24H18ClF3N4O3/c1-34-23-30-22(15-2-4-16(5-3-15)24(26,27)28)32(31-23)19-10-8-18(9-11-19)29-21(33)14-35-20-12-6-17(25)7-13-20/h2-13H,14H2,1H3,(H,29,33). The van der Waals surface area contributed by atoms with Gasteiger partial charge in [-0.1, -0.05) is 23.7 Å². The van der Waals surface area contributed by atoms with Crippen LogP contribution in [0, 0.1) is 0 Å². The minimum atomic E-state index is -4.44. The van der Waals surface area contributed by atoms with Gasteiger partial charge in [0.25, 0.3) is 5.91 Å². The molecule has 1 heterocycles. The topological polar surface area (TPSA) is 78.3 Å². The van der Waals surface area contributed by atoms with Gasteiger partial charge in [0.1, 0.15) is 5.75 Å². The summed E-state index contributed by atoms with van der Waals surface area (Å²) in [6.07, 6.45) is -4.44. The van der Waals surface area contributed by atoms with E-state index in [2.05, 4.69) is 15.4 Å². The van der Waals surface area contributed by atoms with Crippen molar-refractivity contribution in [1.29, 1.82) is 0 Å². The van der Waals surface area contributed by atoms with Crippen LogP contribution in [0.2, 0.25) is 5.02 Å². The first-order valence-corrected chi connectivity index (χ1v) is 10.6. The number of nitrogens with one attached hydrogen (secondary N) is 1. The fourth-order valence-corrected chi connectivity index (χ4v) is 3.24. The Balaban J connectivity index is 1.48. The van der Waals surface area contributed by atoms with Crippen molar-refractivity contribution in [2.24, 2.45) is 0 Å². The Labute approximate surface area is 203 Å². The molecule has 0 spiro atoms. The average molecular weight is 503 g/mol. The summed E-state index contributed by atoms with van der Waals surface area (Å²) >= 11 is 5.82. The number of hydrogen-bond donors (Lipinski definition) is 1. The van der Waals surface area contributed by atoms with Crippen LogP contribution in [0.15, 0.2) is 72.8 Å². The summed E-state index contributed by atoms with van der Waals surface area (Å²) in [6.45, 7) is -0.193. The lowest BCUT2D eigenvalue weighted by atomic mass is 10.1. The molecular formula is C24H18ClF3N4O3. The molecule has 0 saturated heterocycles. The molecule has 0 aliphatic heterocycles. The van der Waals surface area contributed by atoms with Gasteiger partial charge in [0.2, 0.25) is 0 Å². The van der Waals surface area contributed by atoms with Crippen LogP contribution in [0.5, 0.6) is 11.8 Å². The van der Waals surface area contributed by atoms with Gasteiger partial charge in [-0.05, 0) is 60.7 Å². The lowest BCUT2D eigenvalue weighted by Crippen LogP contribution is -2.20. The Kier molecular flexibility index (Phi) is 6.92. The smallest absolute Gasteiger partial charge is 0.416 e. The van der Waals surface area contributed by atoms with Crippen molar-refractivity contribution < 1.29 is 27.4 Å². The number of anilines is 1. The minimum absolute atomic E-state index is 0.0524. The third-order valence-electron chi connectivity index (χ3n) is 4.82. The molecule has 0 saturated carbocycles. The zero-order chi connectivity index (χ0) is 25.0. The van der Waals surface area contributed by atoms with Crippen molar-refractivity contribution in [2.75, 3.05) is 19.0 Å². The molecule has 0 bridgehead atoms. The van der Waals surface area contributed by atoms with Gasteiger partial charge in [-0.3, -0.25) is 4.79 Å². The Bertz CT molecular complexity index is 1310. The molecule has 1 aromatic heterocycles. The van der Waals surface area contributed by atoms with Gasteiger partial charge in [0.05, 0.1) is 18.4 Å². The SMILES string of the molecule is COc1nc(-c2ccc(C(F)(F)F)cc2)n(-c2ccc(NC(=O)COc3ccc(Cl)cc3)cc2)n1. The summed E-state index contributed by atoms with van der Waals surface area (Å²) in [7, 11) is 1.39. The van der Waals surface area contributed by atoms with E-state index in [-0.39, 0.29) is 18.5 Å². The molecule has 180 valence electrons. The average Bonchev–Trinajstić information content (AvgIpc) is 3.28. The molecule has 0 atom stereocenters. The maximum Gasteiger partial charge on any atom is 0.416 e. The van der Waals surface area contributed by atoms with Crippen LogP contribution >= 0.6 is 11.6 Å². The summed E-state index contributed by atoms with van der Waals surface area (Å²) in [5, 5.41) is 7.53. The fourth-order valence-electron chi connectivity index (χ4n) is 3.12. The van der Waals surface area contributed by atoms with Crippen molar-refractivity contribution in [3.8, 4) is 28.8 Å². The monoisotopic (exact) mass is 502 g/mol. The summed E-state index contributed by atoms with van der Waals surface area (Å²) in [5.74, 6) is 0.445. The van der Waals surface area contributed by atoms with Gasteiger partial charge < -0.3 is 14.8 Å². The van der Waals surface area contributed by atoms with E-state index in [0.717, 1.165) is 12.1 Å². The van der Waals surface area contributed by atoms with Crippen LogP contribution < -0.4 is 14.8 Å². The van der Waals surface area contributed by atoms with E-state index >= 15 is 0 Å². The molecule has 0 aliphatic carbocycles. The number of hydrogen-bond acceptors (Lipinski definition) is 5. The van der Waals surface area contributed by atoms with Crippen LogP contribution in [0.1, 0.15) is 5.56 Å². The second kappa shape index (κ2) is 10.1. The van der Waals surface area contributed by atoms with Gasteiger partial charge in [-0.2, -0.15) is 18.2 Å². The molecule has 0 aliphatic rings. The number of ether oxygens (including phenoxy) is 2. The Morgan fingerprint density at radius 1 is 1.00 bits per heavy atom. The molecule has 1 amide bonds. The van der Waals surface area contributed by atoms with Crippen molar-refractivity contribution >= 4 is 23.2 Å². The second-order valence-electron chi connectivity index (χ2n) is 7.25. The van der Waals surface area contributed by atoms with E-state index in [9.17, 15) is 18.0 Å². The highest BCUT2D eigenvalue weighted by Gasteiger charge is 2.30. The number of alkyl halides is 3. The number of carbonyl (C=O) groups is 1. The number of aromatic nitrogens is 3. The van der Waals surface area contributed by atoms with Gasteiger partial charge >= 0.3 is 12.2 Å². The minimum Gasteiger partial charge on any atom is -0.484 e. The van der Waals surface area contributed by atoms with E-state index in [4.69, 9.17) is 21.1 Å². The molecule has 0 fully saturated rings. The maximum absolute atomic E-state index is 12.9. The van der Waals surface area contributed by atoms with Gasteiger partial charge in [0, 0.05) is 16.3 Å². The number of carbonyl (C=O) groups excluding carboxylic acids is 1. The summed E-state index contributed by atoms with van der Waals surface area (Å²) in [5.41, 5.74) is 0.734. The molecule has 11 heteroatoms. The highest BCUT2D eigenvalue weighted by atomic mass is 35.5. The number of amides is 1. The van der Waals surface area contributed by atoms with Crippen molar-refractivity contribution in [3.63, 3.8) is 0 Å². The molecule has 3 aromatic carbocycles. The molecule has 4 rings (SSSR count). The van der Waals surface area contributed by atoms with Crippen LogP contribution in [0.4, 0.5) is 18.9 Å². The van der Waals surface area contributed by atoms with E-state index in [0.29, 0.717) is 33.5 Å². The molecule has 1 N–H and O–H groups in total. The molecule has 7 nitrogen and oxygen atoms in total. The van der Waals surface area contributed by atoms with E-state index in [1.807, 2.05) is 0 Å². The highest BCUT2D eigenvalue weighted by molar-refractivity contribution is 6.30. The zero-order valence-electron chi connectivity index (χ0n) is 18.2. The number of nitrogens with zero attached hydrogens (tertiary/aromatic N) is 3. The lowest BCUT2D eigenvalue weighted by Gasteiger charge is -2.10. The molecule has 35 heavy (non-hydrogen) atoms. The Morgan fingerprint density at radius 3 is 2.26 bits per heavy atom. The summed E-state index contributed by atoms with van der Waals surface area (Å²) in [4.78, 5) is 16.5. The normalized spacial score (nSPS) is 11.2. The Hall–Kier alpha value is -4.05. The van der Waals surface area contributed by atoms with E-state index < -0.39 is 11.7 Å². The Morgan fingerprint density at radius 2 is 1.66 bits per heavy atom. The molecular weight excluding hydrogens is 485 g/mol. The van der Waals surface area contributed by atoms with E-state index in [1.54, 1.807) is 48.5 Å². The largest absolute Gasteiger partial charge is 0.484 e.